The molecule has 25 heavy (non-hydrogen) atoms. The minimum Gasteiger partial charge on any atom is -0.307 e. The second kappa shape index (κ2) is 6.90. The van der Waals surface area contributed by atoms with Crippen molar-refractivity contribution in [3.63, 3.8) is 0 Å². The second-order valence-electron chi connectivity index (χ2n) is 6.14. The molecule has 0 spiro atoms. The van der Waals surface area contributed by atoms with Crippen molar-refractivity contribution in [1.29, 1.82) is 0 Å². The van der Waals surface area contributed by atoms with Gasteiger partial charge in [-0.25, -0.2) is 0 Å². The highest BCUT2D eigenvalue weighted by Crippen LogP contribution is 2.19. The smallest absolute Gasteiger partial charge is 0.252 e. The van der Waals surface area contributed by atoms with Crippen LogP contribution in [0.2, 0.25) is 10.0 Å². The Morgan fingerprint density at radius 1 is 1.16 bits per heavy atom. The molecule has 1 amide bonds. The molecular formula is C17H17Cl2N5O. The summed E-state index contributed by atoms with van der Waals surface area (Å²) in [6, 6.07) is 9.29. The van der Waals surface area contributed by atoms with E-state index in [2.05, 4.69) is 15.5 Å². The number of halogens is 2. The van der Waals surface area contributed by atoms with Gasteiger partial charge in [-0.2, -0.15) is 10.2 Å². The molecular weight excluding hydrogens is 361 g/mol. The Balaban J connectivity index is 1.68. The van der Waals surface area contributed by atoms with Crippen LogP contribution in [0.15, 0.2) is 48.9 Å². The fourth-order valence-corrected chi connectivity index (χ4v) is 2.54. The van der Waals surface area contributed by atoms with Gasteiger partial charge in [0.2, 0.25) is 0 Å². The lowest BCUT2D eigenvalue weighted by atomic mass is 10.1. The van der Waals surface area contributed by atoms with E-state index in [1.165, 1.54) is 10.9 Å². The van der Waals surface area contributed by atoms with Crippen molar-refractivity contribution in [1.82, 2.24) is 19.6 Å². The Bertz CT molecular complexity index is 883. The highest BCUT2D eigenvalue weighted by molar-refractivity contribution is 6.30. The van der Waals surface area contributed by atoms with Gasteiger partial charge in [-0.3, -0.25) is 14.2 Å². The predicted octanol–water partition coefficient (Wildman–Crippen LogP) is 3.81. The first-order chi connectivity index (χ1) is 11.8. The van der Waals surface area contributed by atoms with Gasteiger partial charge < -0.3 is 5.32 Å². The maximum absolute atomic E-state index is 12.6. The number of nitrogens with one attached hydrogen (secondary N) is 1. The highest BCUT2D eigenvalue weighted by atomic mass is 35.5. The molecule has 6 nitrogen and oxygen atoms in total. The fraction of sp³-hybridized carbons (Fsp3) is 0.235. The molecule has 0 aliphatic carbocycles. The topological polar surface area (TPSA) is 64.7 Å². The molecule has 0 bridgehead atoms. The van der Waals surface area contributed by atoms with Gasteiger partial charge in [0.1, 0.15) is 5.54 Å². The van der Waals surface area contributed by atoms with E-state index in [1.54, 1.807) is 30.8 Å². The van der Waals surface area contributed by atoms with Crippen molar-refractivity contribution in [2.24, 2.45) is 0 Å². The third-order valence-corrected chi connectivity index (χ3v) is 4.27. The van der Waals surface area contributed by atoms with Gasteiger partial charge in [0.15, 0.2) is 5.82 Å². The van der Waals surface area contributed by atoms with E-state index in [0.29, 0.717) is 22.4 Å². The molecule has 3 rings (SSSR count). The summed E-state index contributed by atoms with van der Waals surface area (Å²) in [6.07, 6.45) is 4.92. The molecule has 0 radical (unpaired) electrons. The normalized spacial score (nSPS) is 11.5. The van der Waals surface area contributed by atoms with Gasteiger partial charge >= 0.3 is 0 Å². The third-order valence-electron chi connectivity index (χ3n) is 3.82. The van der Waals surface area contributed by atoms with Crippen molar-refractivity contribution in [3.8, 4) is 0 Å². The molecule has 0 aliphatic heterocycles. The lowest BCUT2D eigenvalue weighted by Gasteiger charge is -2.23. The molecule has 3 aromatic rings. The van der Waals surface area contributed by atoms with Gasteiger partial charge in [0.25, 0.3) is 5.91 Å². The number of aromatic nitrogens is 4. The van der Waals surface area contributed by atoms with E-state index >= 15 is 0 Å². The summed E-state index contributed by atoms with van der Waals surface area (Å²) < 4.78 is 3.27. The summed E-state index contributed by atoms with van der Waals surface area (Å²) in [6.45, 7) is 4.11. The number of nitrogens with zero attached hydrogens (tertiary/aromatic N) is 4. The average Bonchev–Trinajstić information content (AvgIpc) is 3.19. The molecule has 1 aromatic carbocycles. The predicted molar refractivity (Wildman–Crippen MR) is 98.0 cm³/mol. The molecule has 2 heterocycles. The van der Waals surface area contributed by atoms with Crippen molar-refractivity contribution < 1.29 is 4.79 Å². The minimum absolute atomic E-state index is 0.232. The zero-order valence-corrected chi connectivity index (χ0v) is 15.3. The Labute approximate surface area is 155 Å². The van der Waals surface area contributed by atoms with E-state index < -0.39 is 5.54 Å². The standard InChI is InChI=1S/C17H17Cl2N5O/c1-17(2,24-11-14(19)9-20-24)16(25)21-15-7-8-23(22-15)10-12-3-5-13(18)6-4-12/h3-9,11H,10H2,1-2H3,(H,21,22,25). The number of carbonyl (C=O) groups excluding carboxylic acids is 1. The number of hydrogen-bond donors (Lipinski definition) is 1. The molecule has 0 atom stereocenters. The van der Waals surface area contributed by atoms with Gasteiger partial charge in [-0.05, 0) is 31.5 Å². The van der Waals surface area contributed by atoms with Crippen LogP contribution in [-0.4, -0.2) is 25.5 Å². The van der Waals surface area contributed by atoms with Crippen LogP contribution in [-0.2, 0) is 16.9 Å². The molecule has 2 aromatic heterocycles. The Morgan fingerprint density at radius 3 is 2.52 bits per heavy atom. The molecule has 0 unspecified atom stereocenters. The first kappa shape index (κ1) is 17.5. The van der Waals surface area contributed by atoms with Crippen LogP contribution >= 0.6 is 23.2 Å². The lowest BCUT2D eigenvalue weighted by Crippen LogP contribution is -2.40. The van der Waals surface area contributed by atoms with Crippen LogP contribution in [0.5, 0.6) is 0 Å². The van der Waals surface area contributed by atoms with E-state index in [0.717, 1.165) is 5.56 Å². The summed E-state index contributed by atoms with van der Waals surface area (Å²) in [5, 5.41) is 12.5. The van der Waals surface area contributed by atoms with Crippen molar-refractivity contribution >= 4 is 34.9 Å². The van der Waals surface area contributed by atoms with E-state index in [4.69, 9.17) is 23.2 Å². The quantitative estimate of drug-likeness (QED) is 0.734. The monoisotopic (exact) mass is 377 g/mol. The zero-order valence-electron chi connectivity index (χ0n) is 13.8. The first-order valence-corrected chi connectivity index (χ1v) is 8.40. The Hall–Kier alpha value is -2.31. The number of hydrogen-bond acceptors (Lipinski definition) is 3. The molecule has 130 valence electrons. The van der Waals surface area contributed by atoms with E-state index in [1.807, 2.05) is 30.5 Å². The van der Waals surface area contributed by atoms with Crippen molar-refractivity contribution in [2.75, 3.05) is 5.32 Å². The summed E-state index contributed by atoms with van der Waals surface area (Å²) in [5.41, 5.74) is 0.171. The Kier molecular flexibility index (Phi) is 4.83. The fourth-order valence-electron chi connectivity index (χ4n) is 2.27. The Morgan fingerprint density at radius 2 is 1.88 bits per heavy atom. The molecule has 0 saturated heterocycles. The summed E-state index contributed by atoms with van der Waals surface area (Å²) in [7, 11) is 0. The molecule has 0 fully saturated rings. The second-order valence-corrected chi connectivity index (χ2v) is 7.01. The highest BCUT2D eigenvalue weighted by Gasteiger charge is 2.31. The summed E-state index contributed by atoms with van der Waals surface area (Å²) in [5.74, 6) is 0.245. The largest absolute Gasteiger partial charge is 0.307 e. The van der Waals surface area contributed by atoms with E-state index in [9.17, 15) is 4.79 Å². The number of anilines is 1. The van der Waals surface area contributed by atoms with Crippen LogP contribution in [0.4, 0.5) is 5.82 Å². The summed E-state index contributed by atoms with van der Waals surface area (Å²) in [4.78, 5) is 12.6. The van der Waals surface area contributed by atoms with Crippen LogP contribution in [0.1, 0.15) is 19.4 Å². The van der Waals surface area contributed by atoms with Gasteiger partial charge in [0.05, 0.1) is 17.8 Å². The molecule has 8 heteroatoms. The molecule has 1 N–H and O–H groups in total. The maximum Gasteiger partial charge on any atom is 0.252 e. The van der Waals surface area contributed by atoms with Crippen LogP contribution in [0, 0.1) is 0 Å². The first-order valence-electron chi connectivity index (χ1n) is 7.64. The van der Waals surface area contributed by atoms with Crippen molar-refractivity contribution in [2.45, 2.75) is 25.9 Å². The third kappa shape index (κ3) is 4.03. The number of rotatable bonds is 5. The van der Waals surface area contributed by atoms with Gasteiger partial charge in [-0.15, -0.1) is 0 Å². The number of carbonyl (C=O) groups is 1. The SMILES string of the molecule is CC(C)(C(=O)Nc1ccn(Cc2ccc(Cl)cc2)n1)n1cc(Cl)cn1. The summed E-state index contributed by atoms with van der Waals surface area (Å²) >= 11 is 11.8. The van der Waals surface area contributed by atoms with Crippen molar-refractivity contribution in [3.05, 3.63) is 64.5 Å². The molecule has 0 aliphatic rings. The van der Waals surface area contributed by atoms with Crippen LogP contribution in [0.3, 0.4) is 0 Å². The number of amides is 1. The van der Waals surface area contributed by atoms with Gasteiger partial charge in [-0.1, -0.05) is 35.3 Å². The maximum atomic E-state index is 12.6. The lowest BCUT2D eigenvalue weighted by molar-refractivity contribution is -0.123. The molecule has 0 saturated carbocycles. The van der Waals surface area contributed by atoms with Gasteiger partial charge in [0, 0.05) is 23.5 Å². The van der Waals surface area contributed by atoms with E-state index in [-0.39, 0.29) is 5.91 Å². The van der Waals surface area contributed by atoms with Crippen LogP contribution in [0.25, 0.3) is 0 Å². The zero-order chi connectivity index (χ0) is 18.0. The number of benzene rings is 1. The minimum atomic E-state index is -0.896. The van der Waals surface area contributed by atoms with Crippen LogP contribution < -0.4 is 5.32 Å². The average molecular weight is 378 g/mol.